The monoisotopic (exact) mass is 481 g/mol. The van der Waals surface area contributed by atoms with E-state index in [9.17, 15) is 4.39 Å². The summed E-state index contributed by atoms with van der Waals surface area (Å²) >= 11 is 0. The summed E-state index contributed by atoms with van der Waals surface area (Å²) in [7, 11) is 0. The highest BCUT2D eigenvalue weighted by Gasteiger charge is 2.18. The van der Waals surface area contributed by atoms with Crippen molar-refractivity contribution in [3.05, 3.63) is 84.3 Å². The Morgan fingerprint density at radius 2 is 1.89 bits per heavy atom. The molecule has 0 unspecified atom stereocenters. The lowest BCUT2D eigenvalue weighted by Crippen LogP contribution is -2.11. The molecule has 0 atom stereocenters. The summed E-state index contributed by atoms with van der Waals surface area (Å²) in [6.45, 7) is 3.56. The van der Waals surface area contributed by atoms with Gasteiger partial charge in [-0.2, -0.15) is 5.10 Å². The summed E-state index contributed by atoms with van der Waals surface area (Å²) in [6.07, 6.45) is 5.14. The van der Waals surface area contributed by atoms with Crippen molar-refractivity contribution in [1.82, 2.24) is 35.5 Å². The van der Waals surface area contributed by atoms with E-state index in [0.29, 0.717) is 45.7 Å². The molecule has 6 aromatic rings. The summed E-state index contributed by atoms with van der Waals surface area (Å²) in [4.78, 5) is 16.6. The maximum Gasteiger partial charge on any atom is 0.178 e. The van der Waals surface area contributed by atoms with Crippen LogP contribution in [0.15, 0.2) is 67.1 Å². The second-order valence-electron chi connectivity index (χ2n) is 8.47. The van der Waals surface area contributed by atoms with Gasteiger partial charge in [-0.25, -0.2) is 18.7 Å². The van der Waals surface area contributed by atoms with E-state index >= 15 is 4.39 Å². The molecule has 36 heavy (non-hydrogen) atoms. The molecular weight excluding hydrogens is 460 g/mol. The molecule has 0 aliphatic rings. The Morgan fingerprint density at radius 1 is 0.972 bits per heavy atom. The minimum atomic E-state index is -0.447. The van der Waals surface area contributed by atoms with Crippen molar-refractivity contribution >= 4 is 22.1 Å². The van der Waals surface area contributed by atoms with Crippen LogP contribution < -0.4 is 5.32 Å². The van der Waals surface area contributed by atoms with Gasteiger partial charge < -0.3 is 10.3 Å². The predicted molar refractivity (Wildman–Crippen MR) is 135 cm³/mol. The van der Waals surface area contributed by atoms with Crippen LogP contribution in [0.1, 0.15) is 12.5 Å². The van der Waals surface area contributed by atoms with Crippen LogP contribution in [0.4, 0.5) is 8.78 Å². The first-order chi connectivity index (χ1) is 17.6. The Bertz CT molecular complexity index is 1720. The summed E-state index contributed by atoms with van der Waals surface area (Å²) in [5.41, 5.74) is 5.82. The molecule has 0 saturated heterocycles. The molecule has 0 aliphatic heterocycles. The average Bonchev–Trinajstić information content (AvgIpc) is 3.52. The standard InChI is InChI=1S/C27H21F2N7/c1-2-30-12-15-8-18(14-31-13-15)17-10-21-23(22(29)11-17)35-36-25(21)27-33-24-20(6-7-32-26(24)34-27)16-4-3-5-19(28)9-16/h3-11,13-14,30H,2,12H2,1H3,(H,35,36)(H,32,33,34). The van der Waals surface area contributed by atoms with Crippen molar-refractivity contribution in [3.8, 4) is 33.8 Å². The van der Waals surface area contributed by atoms with Gasteiger partial charge in [-0.1, -0.05) is 19.1 Å². The molecule has 0 aliphatic carbocycles. The van der Waals surface area contributed by atoms with E-state index in [1.165, 1.54) is 18.2 Å². The fraction of sp³-hybridized carbons (Fsp3) is 0.111. The number of benzene rings is 2. The Labute approximate surface area is 204 Å². The van der Waals surface area contributed by atoms with Gasteiger partial charge in [-0.05, 0) is 59.6 Å². The van der Waals surface area contributed by atoms with Crippen molar-refractivity contribution in [2.24, 2.45) is 0 Å². The maximum absolute atomic E-state index is 15.1. The van der Waals surface area contributed by atoms with Gasteiger partial charge in [0.15, 0.2) is 17.3 Å². The third kappa shape index (κ3) is 3.89. The zero-order chi connectivity index (χ0) is 24.6. The van der Waals surface area contributed by atoms with Gasteiger partial charge in [0.05, 0.1) is 5.52 Å². The molecule has 9 heteroatoms. The topological polar surface area (TPSA) is 95.2 Å². The van der Waals surface area contributed by atoms with Crippen molar-refractivity contribution < 1.29 is 8.78 Å². The van der Waals surface area contributed by atoms with Gasteiger partial charge in [0.1, 0.15) is 17.0 Å². The molecule has 6 rings (SSSR count). The van der Waals surface area contributed by atoms with Crippen molar-refractivity contribution in [2.45, 2.75) is 13.5 Å². The predicted octanol–water partition coefficient (Wildman–Crippen LogP) is 5.62. The number of aromatic amines is 2. The first-order valence-electron chi connectivity index (χ1n) is 11.5. The SMILES string of the molecule is CCNCc1cncc(-c2cc(F)c3n[nH]c(-c4nc5nccc(-c6cccc(F)c6)c5[nH]4)c3c2)c1. The van der Waals surface area contributed by atoms with Crippen molar-refractivity contribution in [3.63, 3.8) is 0 Å². The molecular formula is C27H21F2N7. The van der Waals surface area contributed by atoms with Gasteiger partial charge in [-0.3, -0.25) is 10.1 Å². The molecule has 4 heterocycles. The molecule has 4 aromatic heterocycles. The fourth-order valence-electron chi connectivity index (χ4n) is 4.36. The minimum Gasteiger partial charge on any atom is -0.335 e. The van der Waals surface area contributed by atoms with Gasteiger partial charge in [0.25, 0.3) is 0 Å². The number of imidazole rings is 1. The summed E-state index contributed by atoms with van der Waals surface area (Å²) in [5.74, 6) is -0.319. The number of aromatic nitrogens is 6. The highest BCUT2D eigenvalue weighted by molar-refractivity contribution is 5.97. The second-order valence-corrected chi connectivity index (χ2v) is 8.47. The molecule has 7 nitrogen and oxygen atoms in total. The third-order valence-corrected chi connectivity index (χ3v) is 6.08. The van der Waals surface area contributed by atoms with Crippen LogP contribution in [-0.4, -0.2) is 36.7 Å². The molecule has 0 bridgehead atoms. The molecule has 0 spiro atoms. The fourth-order valence-corrected chi connectivity index (χ4v) is 4.36. The van der Waals surface area contributed by atoms with Crippen LogP contribution in [0.2, 0.25) is 0 Å². The number of nitrogens with one attached hydrogen (secondary N) is 3. The average molecular weight is 482 g/mol. The zero-order valence-electron chi connectivity index (χ0n) is 19.3. The van der Waals surface area contributed by atoms with Crippen molar-refractivity contribution in [2.75, 3.05) is 6.54 Å². The Balaban J connectivity index is 1.47. The number of pyridine rings is 2. The second kappa shape index (κ2) is 8.94. The maximum atomic E-state index is 15.1. The van der Waals surface area contributed by atoms with E-state index in [-0.39, 0.29) is 11.3 Å². The largest absolute Gasteiger partial charge is 0.335 e. The van der Waals surface area contributed by atoms with Crippen LogP contribution in [0, 0.1) is 11.6 Å². The number of hydrogen-bond donors (Lipinski definition) is 3. The lowest BCUT2D eigenvalue weighted by atomic mass is 10.0. The smallest absolute Gasteiger partial charge is 0.178 e. The number of rotatable bonds is 6. The number of halogens is 2. The lowest BCUT2D eigenvalue weighted by Gasteiger charge is -2.06. The van der Waals surface area contributed by atoms with E-state index in [0.717, 1.165) is 23.2 Å². The summed E-state index contributed by atoms with van der Waals surface area (Å²) in [6, 6.07) is 13.5. The van der Waals surface area contributed by atoms with E-state index in [1.54, 1.807) is 30.7 Å². The van der Waals surface area contributed by atoms with Gasteiger partial charge in [0, 0.05) is 41.6 Å². The summed E-state index contributed by atoms with van der Waals surface area (Å²) in [5, 5.41) is 11.0. The van der Waals surface area contributed by atoms with Crippen LogP contribution in [0.5, 0.6) is 0 Å². The van der Waals surface area contributed by atoms with Crippen LogP contribution in [0.25, 0.3) is 55.8 Å². The highest BCUT2D eigenvalue weighted by atomic mass is 19.1. The van der Waals surface area contributed by atoms with Crippen LogP contribution in [0.3, 0.4) is 0 Å². The summed E-state index contributed by atoms with van der Waals surface area (Å²) < 4.78 is 29.0. The van der Waals surface area contributed by atoms with E-state index < -0.39 is 5.82 Å². The number of hydrogen-bond acceptors (Lipinski definition) is 5. The van der Waals surface area contributed by atoms with E-state index in [4.69, 9.17) is 0 Å². The highest BCUT2D eigenvalue weighted by Crippen LogP contribution is 2.34. The molecule has 0 radical (unpaired) electrons. The van der Waals surface area contributed by atoms with E-state index in [1.807, 2.05) is 25.1 Å². The minimum absolute atomic E-state index is 0.212. The first kappa shape index (κ1) is 22.0. The number of H-pyrrole nitrogens is 2. The molecule has 3 N–H and O–H groups in total. The third-order valence-electron chi connectivity index (χ3n) is 6.08. The number of fused-ring (bicyclic) bond motifs is 2. The van der Waals surface area contributed by atoms with Crippen molar-refractivity contribution in [1.29, 1.82) is 0 Å². The molecule has 2 aromatic carbocycles. The number of nitrogens with zero attached hydrogens (tertiary/aromatic N) is 4. The normalized spacial score (nSPS) is 11.5. The van der Waals surface area contributed by atoms with Crippen LogP contribution in [-0.2, 0) is 6.54 Å². The Hall–Kier alpha value is -4.50. The first-order valence-corrected chi connectivity index (χ1v) is 11.5. The Kier molecular flexibility index (Phi) is 5.46. The quantitative estimate of drug-likeness (QED) is 0.287. The zero-order valence-corrected chi connectivity index (χ0v) is 19.3. The molecule has 0 saturated carbocycles. The van der Waals surface area contributed by atoms with Crippen LogP contribution >= 0.6 is 0 Å². The van der Waals surface area contributed by atoms with E-state index in [2.05, 4.69) is 35.5 Å². The van der Waals surface area contributed by atoms with Gasteiger partial charge in [-0.15, -0.1) is 0 Å². The van der Waals surface area contributed by atoms with Gasteiger partial charge >= 0.3 is 0 Å². The molecule has 0 amide bonds. The van der Waals surface area contributed by atoms with Gasteiger partial charge in [0.2, 0.25) is 0 Å². The lowest BCUT2D eigenvalue weighted by molar-refractivity contribution is 0.628. The molecule has 178 valence electrons. The Morgan fingerprint density at radius 3 is 2.75 bits per heavy atom. The molecule has 0 fully saturated rings.